The fourth-order valence-electron chi connectivity index (χ4n) is 0.948. The first-order valence-corrected chi connectivity index (χ1v) is 4.26. The fourth-order valence-corrected chi connectivity index (χ4v) is 1.07. The third-order valence-electron chi connectivity index (χ3n) is 1.53. The number of ether oxygens (including phenoxy) is 1. The third-order valence-corrected chi connectivity index (χ3v) is 1.75. The van der Waals surface area contributed by atoms with Gasteiger partial charge in [0.15, 0.2) is 0 Å². The summed E-state index contributed by atoms with van der Waals surface area (Å²) < 4.78 is 4.96. The van der Waals surface area contributed by atoms with Gasteiger partial charge in [-0.15, -0.1) is 11.6 Å². The van der Waals surface area contributed by atoms with Crippen LogP contribution in [-0.4, -0.2) is 12.1 Å². The van der Waals surface area contributed by atoms with Crippen LogP contribution < -0.4 is 0 Å². The topological polar surface area (TPSA) is 22.1 Å². The molecule has 1 heterocycles. The summed E-state index contributed by atoms with van der Waals surface area (Å²) in [6.07, 6.45) is 0. The highest BCUT2D eigenvalue weighted by atomic mass is 35.5. The second-order valence-electron chi connectivity index (χ2n) is 2.60. The Morgan fingerprint density at radius 2 is 2.33 bits per heavy atom. The van der Waals surface area contributed by atoms with Gasteiger partial charge in [-0.25, -0.2) is 0 Å². The minimum atomic E-state index is -0.0400. The van der Waals surface area contributed by atoms with Gasteiger partial charge in [0.2, 0.25) is 0 Å². The first-order valence-electron chi connectivity index (χ1n) is 3.83. The first kappa shape index (κ1) is 9.49. The molecule has 3 heteroatoms. The van der Waals surface area contributed by atoms with Crippen molar-refractivity contribution in [1.29, 1.82) is 0 Å². The van der Waals surface area contributed by atoms with E-state index < -0.39 is 0 Å². The molecule has 0 bridgehead atoms. The van der Waals surface area contributed by atoms with E-state index in [0.717, 1.165) is 11.4 Å². The molecular weight excluding hydrogens is 174 g/mol. The fraction of sp³-hybridized carbons (Fsp3) is 0.444. The average Bonchev–Trinajstić information content (AvgIpc) is 2.05. The van der Waals surface area contributed by atoms with Crippen molar-refractivity contribution in [3.63, 3.8) is 0 Å². The number of rotatable bonds is 3. The Morgan fingerprint density at radius 3 is 2.92 bits per heavy atom. The maximum atomic E-state index is 5.87. The van der Waals surface area contributed by atoms with Crippen molar-refractivity contribution in [3.8, 4) is 0 Å². The summed E-state index contributed by atoms with van der Waals surface area (Å²) in [6, 6.07) is 5.78. The summed E-state index contributed by atoms with van der Waals surface area (Å²) >= 11 is 5.87. The van der Waals surface area contributed by atoms with E-state index in [2.05, 4.69) is 4.98 Å². The molecule has 0 aliphatic rings. The highest BCUT2D eigenvalue weighted by Crippen LogP contribution is 2.16. The largest absolute Gasteiger partial charge is 0.378 e. The van der Waals surface area contributed by atoms with E-state index in [1.54, 1.807) is 7.11 Å². The van der Waals surface area contributed by atoms with Crippen LogP contribution in [0.25, 0.3) is 0 Å². The molecular formula is C9H12ClNO. The molecule has 1 rings (SSSR count). The van der Waals surface area contributed by atoms with E-state index in [1.165, 1.54) is 0 Å². The van der Waals surface area contributed by atoms with Gasteiger partial charge in [0.1, 0.15) is 0 Å². The Hall–Kier alpha value is -0.600. The smallest absolute Gasteiger partial charge is 0.0884 e. The standard InChI is InChI=1S/C9H12ClNO/c1-7(10)9-5-3-4-8(11-9)6-12-2/h3-5,7H,6H2,1-2H3. The molecule has 0 aromatic carbocycles. The minimum Gasteiger partial charge on any atom is -0.378 e. The van der Waals surface area contributed by atoms with Crippen LogP contribution in [0.5, 0.6) is 0 Å². The van der Waals surface area contributed by atoms with Crippen molar-refractivity contribution in [3.05, 3.63) is 29.6 Å². The van der Waals surface area contributed by atoms with Crippen LogP contribution in [0.4, 0.5) is 0 Å². The Morgan fingerprint density at radius 1 is 1.58 bits per heavy atom. The van der Waals surface area contributed by atoms with Crippen molar-refractivity contribution in [2.45, 2.75) is 18.9 Å². The van der Waals surface area contributed by atoms with E-state index >= 15 is 0 Å². The second-order valence-corrected chi connectivity index (χ2v) is 3.26. The van der Waals surface area contributed by atoms with E-state index in [9.17, 15) is 0 Å². The lowest BCUT2D eigenvalue weighted by atomic mass is 10.2. The number of hydrogen-bond acceptors (Lipinski definition) is 2. The van der Waals surface area contributed by atoms with Gasteiger partial charge in [-0.2, -0.15) is 0 Å². The first-order chi connectivity index (χ1) is 5.74. The van der Waals surface area contributed by atoms with Crippen molar-refractivity contribution in [1.82, 2.24) is 4.98 Å². The molecule has 0 aliphatic carbocycles. The molecule has 1 aromatic heterocycles. The Labute approximate surface area is 77.5 Å². The molecule has 1 atom stereocenters. The molecule has 0 N–H and O–H groups in total. The molecule has 0 amide bonds. The highest BCUT2D eigenvalue weighted by Gasteiger charge is 2.02. The molecule has 0 aliphatic heterocycles. The number of alkyl halides is 1. The van der Waals surface area contributed by atoms with Crippen LogP contribution >= 0.6 is 11.6 Å². The minimum absolute atomic E-state index is 0.0400. The number of hydrogen-bond donors (Lipinski definition) is 0. The van der Waals surface area contributed by atoms with Crippen molar-refractivity contribution in [2.24, 2.45) is 0 Å². The quantitative estimate of drug-likeness (QED) is 0.676. The normalized spacial score (nSPS) is 12.9. The molecule has 66 valence electrons. The summed E-state index contributed by atoms with van der Waals surface area (Å²) in [5.41, 5.74) is 1.81. The number of methoxy groups -OCH3 is 1. The Bertz CT molecular complexity index is 250. The van der Waals surface area contributed by atoms with Gasteiger partial charge in [0.25, 0.3) is 0 Å². The average molecular weight is 186 g/mol. The predicted molar refractivity (Wildman–Crippen MR) is 49.2 cm³/mol. The lowest BCUT2D eigenvalue weighted by Crippen LogP contribution is -1.96. The zero-order chi connectivity index (χ0) is 8.97. The summed E-state index contributed by atoms with van der Waals surface area (Å²) in [5.74, 6) is 0. The van der Waals surface area contributed by atoms with Gasteiger partial charge in [0.05, 0.1) is 23.4 Å². The van der Waals surface area contributed by atoms with Gasteiger partial charge in [-0.3, -0.25) is 4.98 Å². The van der Waals surface area contributed by atoms with E-state index in [4.69, 9.17) is 16.3 Å². The van der Waals surface area contributed by atoms with Crippen LogP contribution in [0, 0.1) is 0 Å². The van der Waals surface area contributed by atoms with Gasteiger partial charge >= 0.3 is 0 Å². The van der Waals surface area contributed by atoms with Crippen LogP contribution in [0.3, 0.4) is 0 Å². The van der Waals surface area contributed by atoms with Crippen LogP contribution in [0.2, 0.25) is 0 Å². The van der Waals surface area contributed by atoms with Crippen LogP contribution in [0.1, 0.15) is 23.7 Å². The summed E-state index contributed by atoms with van der Waals surface area (Å²) in [7, 11) is 1.65. The van der Waals surface area contributed by atoms with E-state index in [1.807, 2.05) is 25.1 Å². The molecule has 0 fully saturated rings. The predicted octanol–water partition coefficient (Wildman–Crippen LogP) is 2.53. The van der Waals surface area contributed by atoms with Crippen molar-refractivity contribution >= 4 is 11.6 Å². The Kier molecular flexibility index (Phi) is 3.50. The van der Waals surface area contributed by atoms with Crippen LogP contribution in [0.15, 0.2) is 18.2 Å². The summed E-state index contributed by atoms with van der Waals surface area (Å²) in [6.45, 7) is 2.44. The SMILES string of the molecule is COCc1cccc(C(C)Cl)n1. The zero-order valence-corrected chi connectivity index (χ0v) is 8.01. The van der Waals surface area contributed by atoms with Crippen molar-refractivity contribution in [2.75, 3.05) is 7.11 Å². The van der Waals surface area contributed by atoms with Gasteiger partial charge in [-0.05, 0) is 19.1 Å². The maximum absolute atomic E-state index is 5.87. The van der Waals surface area contributed by atoms with E-state index in [-0.39, 0.29) is 5.38 Å². The molecule has 0 radical (unpaired) electrons. The second kappa shape index (κ2) is 4.43. The summed E-state index contributed by atoms with van der Waals surface area (Å²) in [5, 5.41) is -0.0400. The third kappa shape index (κ3) is 2.47. The lowest BCUT2D eigenvalue weighted by molar-refractivity contribution is 0.181. The highest BCUT2D eigenvalue weighted by molar-refractivity contribution is 6.20. The summed E-state index contributed by atoms with van der Waals surface area (Å²) in [4.78, 5) is 4.31. The lowest BCUT2D eigenvalue weighted by Gasteiger charge is -2.04. The number of aromatic nitrogens is 1. The Balaban J connectivity index is 2.81. The monoisotopic (exact) mass is 185 g/mol. The molecule has 1 aromatic rings. The van der Waals surface area contributed by atoms with Gasteiger partial charge < -0.3 is 4.74 Å². The number of halogens is 1. The molecule has 0 saturated carbocycles. The zero-order valence-electron chi connectivity index (χ0n) is 7.25. The molecule has 12 heavy (non-hydrogen) atoms. The van der Waals surface area contributed by atoms with Gasteiger partial charge in [-0.1, -0.05) is 6.07 Å². The van der Waals surface area contributed by atoms with E-state index in [0.29, 0.717) is 6.61 Å². The molecule has 1 unspecified atom stereocenters. The van der Waals surface area contributed by atoms with Crippen LogP contribution in [-0.2, 0) is 11.3 Å². The number of nitrogens with zero attached hydrogens (tertiary/aromatic N) is 1. The molecule has 0 saturated heterocycles. The maximum Gasteiger partial charge on any atom is 0.0884 e. The molecule has 2 nitrogen and oxygen atoms in total. The number of pyridine rings is 1. The van der Waals surface area contributed by atoms with Crippen molar-refractivity contribution < 1.29 is 4.74 Å². The van der Waals surface area contributed by atoms with Gasteiger partial charge in [0, 0.05) is 7.11 Å². The molecule has 0 spiro atoms.